The summed E-state index contributed by atoms with van der Waals surface area (Å²) in [5, 5.41) is 13.7. The number of nitrogens with one attached hydrogen (secondary N) is 2. The predicted octanol–water partition coefficient (Wildman–Crippen LogP) is 3.94. The number of benzene rings is 3. The molecule has 1 saturated heterocycles. The van der Waals surface area contributed by atoms with Crippen LogP contribution in [-0.4, -0.2) is 54.3 Å². The van der Waals surface area contributed by atoms with Gasteiger partial charge in [-0.1, -0.05) is 47.6 Å². The monoisotopic (exact) mass is 498 g/mol. The second-order valence-corrected chi connectivity index (χ2v) is 8.60. The first-order valence-electron chi connectivity index (χ1n) is 11.9. The van der Waals surface area contributed by atoms with Crippen molar-refractivity contribution in [2.24, 2.45) is 4.99 Å². The molecule has 0 aliphatic carbocycles. The molecule has 2 aliphatic heterocycles. The second kappa shape index (κ2) is 9.82. The molecule has 0 spiro atoms. The van der Waals surface area contributed by atoms with Crippen molar-refractivity contribution in [1.82, 2.24) is 10.2 Å². The molecule has 1 amide bonds. The van der Waals surface area contributed by atoms with Gasteiger partial charge in [0, 0.05) is 35.5 Å². The summed E-state index contributed by atoms with van der Waals surface area (Å²) in [4.78, 5) is 19.9. The van der Waals surface area contributed by atoms with E-state index in [0.717, 1.165) is 29.9 Å². The molecule has 0 radical (unpaired) electrons. The summed E-state index contributed by atoms with van der Waals surface area (Å²) in [6, 6.07) is 21.7. The highest BCUT2D eigenvalue weighted by molar-refractivity contribution is 6.19. The lowest BCUT2D eigenvalue weighted by Gasteiger charge is -2.28. The number of morpholine rings is 1. The maximum atomic E-state index is 14.7. The number of nitrogens with zero attached hydrogens (tertiary/aromatic N) is 4. The Kier molecular flexibility index (Phi) is 6.07. The number of fused-ring (bicyclic) bond motifs is 1. The highest BCUT2D eigenvalue weighted by Crippen LogP contribution is 2.28. The third kappa shape index (κ3) is 4.66. The van der Waals surface area contributed by atoms with Gasteiger partial charge in [0.05, 0.1) is 24.6 Å². The lowest BCUT2D eigenvalue weighted by Crippen LogP contribution is -2.36. The van der Waals surface area contributed by atoms with Gasteiger partial charge in [0.1, 0.15) is 5.82 Å². The topological polar surface area (TPSA) is 105 Å². The summed E-state index contributed by atoms with van der Waals surface area (Å²) in [5.74, 6) is -0.797. The Bertz CT molecular complexity index is 1450. The lowest BCUT2D eigenvalue weighted by atomic mass is 10.0. The fraction of sp³-hybridized carbons (Fsp3) is 0.185. The van der Waals surface area contributed by atoms with Crippen LogP contribution in [-0.2, 0) is 9.53 Å². The molecule has 10 heteroatoms. The van der Waals surface area contributed by atoms with Gasteiger partial charge in [0.2, 0.25) is 12.1 Å². The molecule has 0 saturated carbocycles. The summed E-state index contributed by atoms with van der Waals surface area (Å²) in [6.45, 7) is 3.11. The number of hydrogen-bond donors (Lipinski definition) is 2. The minimum Gasteiger partial charge on any atom is -0.403 e. The Balaban J connectivity index is 1.26. The first kappa shape index (κ1) is 22.9. The van der Waals surface area contributed by atoms with Crippen LogP contribution in [0.2, 0.25) is 0 Å². The maximum absolute atomic E-state index is 14.7. The van der Waals surface area contributed by atoms with Crippen LogP contribution in [0, 0.1) is 5.82 Å². The molecule has 3 heterocycles. The zero-order chi connectivity index (χ0) is 25.2. The first-order chi connectivity index (χ1) is 18.2. The van der Waals surface area contributed by atoms with E-state index in [0.29, 0.717) is 30.4 Å². The number of carbonyl (C=O) groups is 1. The number of rotatable bonds is 5. The fourth-order valence-electron chi connectivity index (χ4n) is 4.37. The van der Waals surface area contributed by atoms with Gasteiger partial charge in [-0.3, -0.25) is 4.79 Å². The fourth-order valence-corrected chi connectivity index (χ4v) is 4.37. The van der Waals surface area contributed by atoms with Gasteiger partial charge in [-0.15, -0.1) is 5.10 Å². The third-order valence-corrected chi connectivity index (χ3v) is 6.25. The van der Waals surface area contributed by atoms with Crippen molar-refractivity contribution in [2.75, 3.05) is 41.8 Å². The molecule has 3 aromatic carbocycles. The number of carbonyl (C=O) groups excluding carboxylic acids is 1. The molecule has 1 fully saturated rings. The number of para-hydroxylation sites is 1. The van der Waals surface area contributed by atoms with E-state index in [2.05, 4.69) is 30.7 Å². The second-order valence-electron chi connectivity index (χ2n) is 8.60. The van der Waals surface area contributed by atoms with E-state index in [1.165, 1.54) is 6.07 Å². The molecule has 1 atom stereocenters. The van der Waals surface area contributed by atoms with Crippen LogP contribution >= 0.6 is 0 Å². The van der Waals surface area contributed by atoms with E-state index in [1.807, 2.05) is 54.6 Å². The number of hydrogen-bond acceptors (Lipinski definition) is 8. The molecule has 9 nitrogen and oxygen atoms in total. The molecule has 186 valence electrons. The number of aliphatic imine (C=N–C) groups is 1. The van der Waals surface area contributed by atoms with Gasteiger partial charge < -0.3 is 24.7 Å². The van der Waals surface area contributed by atoms with Crippen LogP contribution in [0.3, 0.4) is 0 Å². The Hall–Kier alpha value is -4.57. The van der Waals surface area contributed by atoms with Crippen LogP contribution < -0.4 is 15.5 Å². The van der Waals surface area contributed by atoms with Crippen LogP contribution in [0.5, 0.6) is 0 Å². The number of benzodiazepines with no additional fused rings is 1. The Morgan fingerprint density at radius 2 is 1.70 bits per heavy atom. The third-order valence-electron chi connectivity index (χ3n) is 6.25. The van der Waals surface area contributed by atoms with E-state index >= 15 is 0 Å². The predicted molar refractivity (Wildman–Crippen MR) is 137 cm³/mol. The Morgan fingerprint density at radius 3 is 2.49 bits per heavy atom. The van der Waals surface area contributed by atoms with Crippen LogP contribution in [0.1, 0.15) is 11.1 Å². The number of anilines is 3. The van der Waals surface area contributed by atoms with Gasteiger partial charge in [-0.05, 0) is 30.3 Å². The van der Waals surface area contributed by atoms with Crippen molar-refractivity contribution in [3.8, 4) is 11.5 Å². The molecule has 2 aliphatic rings. The average molecular weight is 499 g/mol. The standard InChI is InChI=1S/C27H23FN6O3/c28-21-8-4-7-20-22(17-5-2-1-3-6-17)29-24(25(35)30-23(20)21)31-27-33-32-26(37-27)18-9-11-19(12-10-18)34-13-15-36-16-14-34/h1-12,24H,13-16H2,(H,30,35)(H,31,33)/t24-/m1/s1. The van der Waals surface area contributed by atoms with Gasteiger partial charge >= 0.3 is 6.01 Å². The van der Waals surface area contributed by atoms with Gasteiger partial charge in [0.25, 0.3) is 5.91 Å². The van der Waals surface area contributed by atoms with Gasteiger partial charge in [-0.2, -0.15) is 0 Å². The Labute approximate surface area is 212 Å². The summed E-state index contributed by atoms with van der Waals surface area (Å²) in [7, 11) is 0. The molecule has 0 bridgehead atoms. The zero-order valence-corrected chi connectivity index (χ0v) is 19.7. The first-order valence-corrected chi connectivity index (χ1v) is 11.9. The van der Waals surface area contributed by atoms with E-state index in [9.17, 15) is 9.18 Å². The van der Waals surface area contributed by atoms with Gasteiger partial charge in [0.15, 0.2) is 0 Å². The number of ether oxygens (including phenoxy) is 1. The number of aromatic nitrogens is 2. The highest BCUT2D eigenvalue weighted by atomic mass is 19.1. The van der Waals surface area contributed by atoms with Crippen molar-refractivity contribution in [1.29, 1.82) is 0 Å². The Morgan fingerprint density at radius 1 is 0.919 bits per heavy atom. The molecule has 6 rings (SSSR count). The smallest absolute Gasteiger partial charge is 0.317 e. The molecule has 37 heavy (non-hydrogen) atoms. The van der Waals surface area contributed by atoms with Crippen molar-refractivity contribution >= 4 is 29.0 Å². The zero-order valence-electron chi connectivity index (χ0n) is 19.7. The van der Waals surface area contributed by atoms with Crippen LogP contribution in [0.4, 0.5) is 21.8 Å². The summed E-state index contributed by atoms with van der Waals surface area (Å²) >= 11 is 0. The molecule has 0 unspecified atom stereocenters. The molecular formula is C27H23FN6O3. The molecule has 2 N–H and O–H groups in total. The van der Waals surface area contributed by atoms with Crippen molar-refractivity contribution in [3.63, 3.8) is 0 Å². The van der Waals surface area contributed by atoms with E-state index in [1.54, 1.807) is 12.1 Å². The van der Waals surface area contributed by atoms with E-state index in [-0.39, 0.29) is 11.7 Å². The number of halogens is 1. The van der Waals surface area contributed by atoms with Crippen LogP contribution in [0.25, 0.3) is 11.5 Å². The maximum Gasteiger partial charge on any atom is 0.317 e. The minimum atomic E-state index is -1.13. The average Bonchev–Trinajstić information content (AvgIpc) is 3.36. The number of amides is 1. The van der Waals surface area contributed by atoms with E-state index < -0.39 is 17.9 Å². The molecule has 4 aromatic rings. The van der Waals surface area contributed by atoms with Crippen molar-refractivity contribution in [3.05, 3.63) is 89.7 Å². The van der Waals surface area contributed by atoms with E-state index in [4.69, 9.17) is 9.15 Å². The minimum absolute atomic E-state index is 0.0231. The quantitative estimate of drug-likeness (QED) is 0.429. The summed E-state index contributed by atoms with van der Waals surface area (Å²) in [5.41, 5.74) is 3.59. The van der Waals surface area contributed by atoms with Crippen molar-refractivity contribution in [2.45, 2.75) is 6.17 Å². The summed E-state index contributed by atoms with van der Waals surface area (Å²) < 4.78 is 25.9. The SMILES string of the molecule is O=C1Nc2c(F)cccc2C(c2ccccc2)=N[C@@H]1Nc1nnc(-c2ccc(N3CCOCC3)cc2)o1. The largest absolute Gasteiger partial charge is 0.403 e. The molecular weight excluding hydrogens is 475 g/mol. The van der Waals surface area contributed by atoms with Crippen molar-refractivity contribution < 1.29 is 18.3 Å². The lowest BCUT2D eigenvalue weighted by molar-refractivity contribution is -0.116. The highest BCUT2D eigenvalue weighted by Gasteiger charge is 2.29. The summed E-state index contributed by atoms with van der Waals surface area (Å²) in [6.07, 6.45) is -1.13. The molecule has 1 aromatic heterocycles. The van der Waals surface area contributed by atoms with Crippen LogP contribution in [0.15, 0.2) is 82.2 Å². The normalized spacial score (nSPS) is 17.4. The van der Waals surface area contributed by atoms with Gasteiger partial charge in [-0.25, -0.2) is 9.38 Å².